The number of rotatable bonds is 6. The third kappa shape index (κ3) is 3.92. The predicted octanol–water partition coefficient (Wildman–Crippen LogP) is 2.19. The Morgan fingerprint density at radius 2 is 2.09 bits per heavy atom. The molecule has 1 aromatic carbocycles. The molecular formula is C17H18N4O2. The molecule has 1 unspecified atom stereocenters. The third-order valence-electron chi connectivity index (χ3n) is 3.35. The van der Waals surface area contributed by atoms with E-state index in [2.05, 4.69) is 20.3 Å². The van der Waals surface area contributed by atoms with Crippen molar-refractivity contribution in [2.45, 2.75) is 13.0 Å². The van der Waals surface area contributed by atoms with Crippen LogP contribution in [0, 0.1) is 6.92 Å². The number of pyridine rings is 1. The molecule has 6 nitrogen and oxygen atoms in total. The minimum absolute atomic E-state index is 0.206. The lowest BCUT2D eigenvalue weighted by Crippen LogP contribution is -2.26. The normalized spacial score (nSPS) is 12.1. The standard InChI is InChI=1S/C17H18N4O2/c1-12-4-2-5-14(8-12)23-10-13(22)9-19-17-15-6-3-7-18-16(15)20-11-21-17/h2-8,11,13,22H,9-10H2,1H3,(H,18,19,20,21). The molecule has 0 amide bonds. The summed E-state index contributed by atoms with van der Waals surface area (Å²) in [6.07, 6.45) is 2.48. The molecule has 0 aliphatic heterocycles. The highest BCUT2D eigenvalue weighted by atomic mass is 16.5. The maximum atomic E-state index is 10.1. The Bertz CT molecular complexity index is 789. The molecule has 23 heavy (non-hydrogen) atoms. The number of nitrogens with zero attached hydrogens (tertiary/aromatic N) is 3. The van der Waals surface area contributed by atoms with Crippen LogP contribution in [0.3, 0.4) is 0 Å². The molecule has 0 aliphatic carbocycles. The van der Waals surface area contributed by atoms with E-state index in [1.54, 1.807) is 6.20 Å². The van der Waals surface area contributed by atoms with E-state index in [4.69, 9.17) is 4.74 Å². The lowest BCUT2D eigenvalue weighted by atomic mass is 10.2. The zero-order valence-corrected chi connectivity index (χ0v) is 12.8. The first-order chi connectivity index (χ1) is 11.2. The molecule has 3 rings (SSSR count). The van der Waals surface area contributed by atoms with Gasteiger partial charge in [0.15, 0.2) is 5.65 Å². The molecule has 118 valence electrons. The second-order valence-electron chi connectivity index (χ2n) is 5.26. The van der Waals surface area contributed by atoms with Crippen LogP contribution in [0.4, 0.5) is 5.82 Å². The first-order valence-corrected chi connectivity index (χ1v) is 7.39. The van der Waals surface area contributed by atoms with Gasteiger partial charge in [0.1, 0.15) is 30.6 Å². The van der Waals surface area contributed by atoms with E-state index in [0.717, 1.165) is 16.7 Å². The van der Waals surface area contributed by atoms with Gasteiger partial charge in [-0.3, -0.25) is 0 Å². The monoisotopic (exact) mass is 310 g/mol. The number of ether oxygens (including phenoxy) is 1. The third-order valence-corrected chi connectivity index (χ3v) is 3.35. The fourth-order valence-electron chi connectivity index (χ4n) is 2.21. The van der Waals surface area contributed by atoms with E-state index in [1.165, 1.54) is 6.33 Å². The van der Waals surface area contributed by atoms with Crippen LogP contribution >= 0.6 is 0 Å². The van der Waals surface area contributed by atoms with Gasteiger partial charge in [-0.2, -0.15) is 0 Å². The molecule has 0 bridgehead atoms. The molecule has 3 aromatic rings. The molecule has 0 spiro atoms. The van der Waals surface area contributed by atoms with Crippen molar-refractivity contribution >= 4 is 16.9 Å². The largest absolute Gasteiger partial charge is 0.491 e. The maximum Gasteiger partial charge on any atom is 0.164 e. The maximum absolute atomic E-state index is 10.1. The quantitative estimate of drug-likeness (QED) is 0.726. The fourth-order valence-corrected chi connectivity index (χ4v) is 2.21. The molecule has 1 atom stereocenters. The van der Waals surface area contributed by atoms with Gasteiger partial charge >= 0.3 is 0 Å². The van der Waals surface area contributed by atoms with Crippen LogP contribution in [0.25, 0.3) is 11.0 Å². The number of benzene rings is 1. The Balaban J connectivity index is 1.57. The minimum atomic E-state index is -0.655. The van der Waals surface area contributed by atoms with Crippen molar-refractivity contribution < 1.29 is 9.84 Å². The van der Waals surface area contributed by atoms with Crippen molar-refractivity contribution in [1.82, 2.24) is 15.0 Å². The van der Waals surface area contributed by atoms with Gasteiger partial charge in [-0.25, -0.2) is 15.0 Å². The second-order valence-corrected chi connectivity index (χ2v) is 5.26. The van der Waals surface area contributed by atoms with Gasteiger partial charge in [-0.1, -0.05) is 12.1 Å². The van der Waals surface area contributed by atoms with Gasteiger partial charge in [-0.15, -0.1) is 0 Å². The zero-order chi connectivity index (χ0) is 16.1. The van der Waals surface area contributed by atoms with Gasteiger partial charge < -0.3 is 15.2 Å². The fraction of sp³-hybridized carbons (Fsp3) is 0.235. The van der Waals surface area contributed by atoms with Crippen molar-refractivity contribution in [3.05, 3.63) is 54.5 Å². The number of hydrogen-bond donors (Lipinski definition) is 2. The Morgan fingerprint density at radius 1 is 1.17 bits per heavy atom. The number of aromatic nitrogens is 3. The van der Waals surface area contributed by atoms with Gasteiger partial charge in [0, 0.05) is 12.7 Å². The summed E-state index contributed by atoms with van der Waals surface area (Å²) in [5.74, 6) is 1.40. The molecule has 0 aliphatic rings. The number of aryl methyl sites for hydroxylation is 1. The highest BCUT2D eigenvalue weighted by Gasteiger charge is 2.08. The van der Waals surface area contributed by atoms with E-state index in [1.807, 2.05) is 43.3 Å². The first kappa shape index (κ1) is 15.2. The number of nitrogens with one attached hydrogen (secondary N) is 1. The zero-order valence-electron chi connectivity index (χ0n) is 12.8. The summed E-state index contributed by atoms with van der Waals surface area (Å²) in [7, 11) is 0. The number of anilines is 1. The number of hydrogen-bond acceptors (Lipinski definition) is 6. The van der Waals surface area contributed by atoms with Crippen molar-refractivity contribution in [2.24, 2.45) is 0 Å². The molecule has 6 heteroatoms. The first-order valence-electron chi connectivity index (χ1n) is 7.39. The topological polar surface area (TPSA) is 80.2 Å². The van der Waals surface area contributed by atoms with Gasteiger partial charge in [-0.05, 0) is 36.8 Å². The molecule has 0 radical (unpaired) electrons. The van der Waals surface area contributed by atoms with E-state index < -0.39 is 6.10 Å². The molecule has 2 aromatic heterocycles. The van der Waals surface area contributed by atoms with Crippen molar-refractivity contribution in [1.29, 1.82) is 0 Å². The summed E-state index contributed by atoms with van der Waals surface area (Å²) in [5.41, 5.74) is 1.74. The highest BCUT2D eigenvalue weighted by molar-refractivity contribution is 5.85. The summed E-state index contributed by atoms with van der Waals surface area (Å²) in [6, 6.07) is 11.4. The minimum Gasteiger partial charge on any atom is -0.491 e. The highest BCUT2D eigenvalue weighted by Crippen LogP contribution is 2.16. The Kier molecular flexibility index (Phi) is 4.63. The molecule has 2 N–H and O–H groups in total. The summed E-state index contributed by atoms with van der Waals surface area (Å²) >= 11 is 0. The number of aliphatic hydroxyl groups excluding tert-OH is 1. The summed E-state index contributed by atoms with van der Waals surface area (Å²) in [6.45, 7) is 2.53. The van der Waals surface area contributed by atoms with Gasteiger partial charge in [0.2, 0.25) is 0 Å². The van der Waals surface area contributed by atoms with Gasteiger partial charge in [0.05, 0.1) is 5.39 Å². The number of fused-ring (bicyclic) bond motifs is 1. The lowest BCUT2D eigenvalue weighted by molar-refractivity contribution is 0.117. The van der Waals surface area contributed by atoms with Crippen LogP contribution in [0.15, 0.2) is 48.9 Å². The second kappa shape index (κ2) is 7.02. The summed E-state index contributed by atoms with van der Waals surface area (Å²) < 4.78 is 5.59. The predicted molar refractivity (Wildman–Crippen MR) is 88.5 cm³/mol. The van der Waals surface area contributed by atoms with E-state index in [-0.39, 0.29) is 6.61 Å². The molecule has 0 saturated carbocycles. The van der Waals surface area contributed by atoms with Crippen LogP contribution in [0.2, 0.25) is 0 Å². The molecular weight excluding hydrogens is 292 g/mol. The molecule has 0 fully saturated rings. The Hall–Kier alpha value is -2.73. The lowest BCUT2D eigenvalue weighted by Gasteiger charge is -2.14. The Labute approximate surface area is 134 Å². The summed E-state index contributed by atoms with van der Waals surface area (Å²) in [4.78, 5) is 12.5. The molecule has 0 saturated heterocycles. The van der Waals surface area contributed by atoms with Crippen LogP contribution < -0.4 is 10.1 Å². The van der Waals surface area contributed by atoms with Crippen LogP contribution in [0.5, 0.6) is 5.75 Å². The van der Waals surface area contributed by atoms with Crippen LogP contribution in [-0.2, 0) is 0 Å². The van der Waals surface area contributed by atoms with Crippen molar-refractivity contribution in [3.63, 3.8) is 0 Å². The van der Waals surface area contributed by atoms with Gasteiger partial charge in [0.25, 0.3) is 0 Å². The average Bonchev–Trinajstić information content (AvgIpc) is 2.58. The average molecular weight is 310 g/mol. The SMILES string of the molecule is Cc1cccc(OCC(O)CNc2ncnc3ncccc23)c1. The van der Waals surface area contributed by atoms with Crippen LogP contribution in [0.1, 0.15) is 5.56 Å². The number of aliphatic hydroxyl groups is 1. The molecule has 2 heterocycles. The van der Waals surface area contributed by atoms with Crippen molar-refractivity contribution in [2.75, 3.05) is 18.5 Å². The Morgan fingerprint density at radius 3 is 2.96 bits per heavy atom. The van der Waals surface area contributed by atoms with E-state index >= 15 is 0 Å². The summed E-state index contributed by atoms with van der Waals surface area (Å²) in [5, 5.41) is 14.0. The van der Waals surface area contributed by atoms with Crippen LogP contribution in [-0.4, -0.2) is 39.3 Å². The smallest absolute Gasteiger partial charge is 0.164 e. The van der Waals surface area contributed by atoms with E-state index in [9.17, 15) is 5.11 Å². The van der Waals surface area contributed by atoms with E-state index in [0.29, 0.717) is 18.0 Å². The van der Waals surface area contributed by atoms with Crippen molar-refractivity contribution in [3.8, 4) is 5.75 Å².